The number of thiophene rings is 1. The molecule has 5 nitrogen and oxygen atoms in total. The molecule has 3 aromatic heterocycles. The molecular formula is C28H32N4OS. The summed E-state index contributed by atoms with van der Waals surface area (Å²) in [6.45, 7) is 10.9. The molecule has 0 saturated carbocycles. The van der Waals surface area contributed by atoms with Gasteiger partial charge in [-0.15, -0.1) is 11.3 Å². The Morgan fingerprint density at radius 3 is 2.62 bits per heavy atom. The van der Waals surface area contributed by atoms with Crippen LogP contribution in [0.25, 0.3) is 32.6 Å². The number of hydrogen-bond acceptors (Lipinski definition) is 4. The monoisotopic (exact) mass is 472 g/mol. The number of fused-ring (bicyclic) bond motifs is 2. The van der Waals surface area contributed by atoms with Crippen molar-refractivity contribution < 1.29 is 4.79 Å². The van der Waals surface area contributed by atoms with Crippen molar-refractivity contribution in [1.82, 2.24) is 20.2 Å². The third-order valence-electron chi connectivity index (χ3n) is 6.68. The molecule has 0 saturated heterocycles. The van der Waals surface area contributed by atoms with Crippen LogP contribution in [0, 0.1) is 13.8 Å². The SMILES string of the molecule is CNC(=O)CN1CCc2cc(-c3ccc4[nH]c(-c5cc(C)nc(C)c5)c(C(C)C)c4c3)sc2C1. The van der Waals surface area contributed by atoms with Crippen LogP contribution in [0.4, 0.5) is 0 Å². The number of rotatable bonds is 5. The van der Waals surface area contributed by atoms with Crippen LogP contribution in [0.2, 0.25) is 0 Å². The highest BCUT2D eigenvalue weighted by atomic mass is 32.1. The van der Waals surface area contributed by atoms with Crippen LogP contribution < -0.4 is 5.32 Å². The van der Waals surface area contributed by atoms with Gasteiger partial charge in [-0.3, -0.25) is 14.7 Å². The van der Waals surface area contributed by atoms with Crippen LogP contribution in [-0.2, 0) is 17.8 Å². The topological polar surface area (TPSA) is 61.0 Å². The Labute approximate surface area is 205 Å². The molecule has 1 aliphatic rings. The number of H-pyrrole nitrogens is 1. The predicted octanol–water partition coefficient (Wildman–Crippen LogP) is 5.80. The molecule has 0 radical (unpaired) electrons. The van der Waals surface area contributed by atoms with Crippen molar-refractivity contribution in [2.24, 2.45) is 0 Å². The van der Waals surface area contributed by atoms with E-state index in [2.05, 4.69) is 84.3 Å². The summed E-state index contributed by atoms with van der Waals surface area (Å²) in [6.07, 6.45) is 0.997. The van der Waals surface area contributed by atoms with E-state index in [0.29, 0.717) is 12.5 Å². The van der Waals surface area contributed by atoms with Crippen LogP contribution in [-0.4, -0.2) is 40.9 Å². The zero-order valence-corrected chi connectivity index (χ0v) is 21.4. The number of aromatic amines is 1. The average molecular weight is 473 g/mol. The van der Waals surface area contributed by atoms with Gasteiger partial charge in [-0.05, 0) is 73.2 Å². The molecule has 0 bridgehead atoms. The lowest BCUT2D eigenvalue weighted by Gasteiger charge is -2.25. The van der Waals surface area contributed by atoms with Crippen LogP contribution in [0.15, 0.2) is 36.4 Å². The predicted molar refractivity (Wildman–Crippen MR) is 141 cm³/mol. The Kier molecular flexibility index (Phi) is 6.04. The number of nitrogens with zero attached hydrogens (tertiary/aromatic N) is 2. The largest absolute Gasteiger partial charge is 0.358 e. The van der Waals surface area contributed by atoms with Crippen LogP contribution in [0.5, 0.6) is 0 Å². The van der Waals surface area contributed by atoms with E-state index in [4.69, 9.17) is 0 Å². The normalized spacial score (nSPS) is 14.1. The van der Waals surface area contributed by atoms with Gasteiger partial charge in [-0.2, -0.15) is 0 Å². The molecule has 34 heavy (non-hydrogen) atoms. The Hall–Kier alpha value is -2.96. The lowest BCUT2D eigenvalue weighted by molar-refractivity contribution is -0.121. The van der Waals surface area contributed by atoms with Crippen LogP contribution in [0.3, 0.4) is 0 Å². The Balaban J connectivity index is 1.53. The van der Waals surface area contributed by atoms with Crippen LogP contribution >= 0.6 is 11.3 Å². The van der Waals surface area contributed by atoms with Gasteiger partial charge in [-0.25, -0.2) is 0 Å². The number of hydrogen-bond donors (Lipinski definition) is 2. The molecule has 0 aliphatic carbocycles. The number of benzene rings is 1. The van der Waals surface area contributed by atoms with Crippen molar-refractivity contribution in [3.63, 3.8) is 0 Å². The zero-order chi connectivity index (χ0) is 24.0. The highest BCUT2D eigenvalue weighted by molar-refractivity contribution is 7.15. The maximum Gasteiger partial charge on any atom is 0.233 e. The molecule has 176 valence electrons. The van der Waals surface area contributed by atoms with E-state index in [1.165, 1.54) is 48.6 Å². The summed E-state index contributed by atoms with van der Waals surface area (Å²) >= 11 is 1.86. The minimum Gasteiger partial charge on any atom is -0.358 e. The fourth-order valence-electron chi connectivity index (χ4n) is 5.10. The maximum absolute atomic E-state index is 11.8. The third-order valence-corrected chi connectivity index (χ3v) is 7.89. The molecule has 0 unspecified atom stereocenters. The minimum atomic E-state index is 0.0785. The first-order valence-corrected chi connectivity index (χ1v) is 12.8. The fourth-order valence-corrected chi connectivity index (χ4v) is 6.35. The summed E-state index contributed by atoms with van der Waals surface area (Å²) in [4.78, 5) is 25.0. The summed E-state index contributed by atoms with van der Waals surface area (Å²) in [5.41, 5.74) is 9.71. The highest BCUT2D eigenvalue weighted by Gasteiger charge is 2.22. The molecule has 0 fully saturated rings. The van der Waals surface area contributed by atoms with Crippen molar-refractivity contribution >= 4 is 28.1 Å². The van der Waals surface area contributed by atoms with Crippen molar-refractivity contribution in [3.8, 4) is 21.7 Å². The Morgan fingerprint density at radius 1 is 1.15 bits per heavy atom. The van der Waals surface area contributed by atoms with Gasteiger partial charge in [0.1, 0.15) is 0 Å². The molecule has 2 N–H and O–H groups in total. The summed E-state index contributed by atoms with van der Waals surface area (Å²) in [5.74, 6) is 0.470. The number of carbonyl (C=O) groups is 1. The van der Waals surface area contributed by atoms with Gasteiger partial charge in [0.05, 0.1) is 12.2 Å². The number of aryl methyl sites for hydroxylation is 2. The zero-order valence-electron chi connectivity index (χ0n) is 20.6. The maximum atomic E-state index is 11.8. The van der Waals surface area contributed by atoms with Gasteiger partial charge in [-0.1, -0.05) is 19.9 Å². The van der Waals surface area contributed by atoms with Crippen molar-refractivity contribution in [2.45, 2.75) is 46.6 Å². The van der Waals surface area contributed by atoms with Gasteiger partial charge in [0, 0.05) is 57.7 Å². The van der Waals surface area contributed by atoms with Crippen molar-refractivity contribution in [2.75, 3.05) is 20.1 Å². The van der Waals surface area contributed by atoms with Crippen LogP contribution in [0.1, 0.15) is 47.2 Å². The van der Waals surface area contributed by atoms with E-state index in [1.54, 1.807) is 7.05 Å². The minimum absolute atomic E-state index is 0.0785. The molecule has 0 atom stereocenters. The smallest absolute Gasteiger partial charge is 0.233 e. The van der Waals surface area contributed by atoms with E-state index >= 15 is 0 Å². The summed E-state index contributed by atoms with van der Waals surface area (Å²) in [6, 6.07) is 13.5. The van der Waals surface area contributed by atoms with Gasteiger partial charge in [0.15, 0.2) is 0 Å². The number of pyridine rings is 1. The van der Waals surface area contributed by atoms with Gasteiger partial charge < -0.3 is 10.3 Å². The Bertz CT molecular complexity index is 1360. The quantitative estimate of drug-likeness (QED) is 0.386. The first-order valence-electron chi connectivity index (χ1n) is 12.0. The van der Waals surface area contributed by atoms with E-state index in [-0.39, 0.29) is 5.91 Å². The molecule has 1 amide bonds. The lowest BCUT2D eigenvalue weighted by atomic mass is 9.95. The van der Waals surface area contributed by atoms with Crippen molar-refractivity contribution in [3.05, 3.63) is 63.8 Å². The standard InChI is InChI=1S/C28H32N4OS/c1-16(2)27-22-12-19(6-7-23(22)31-28(27)21-10-17(3)30-18(4)11-21)24-13-20-8-9-32(14-25(20)34-24)15-26(33)29-5/h6-7,10-13,16,31H,8-9,14-15H2,1-5H3,(H,29,33). The number of nitrogens with one attached hydrogen (secondary N) is 2. The van der Waals surface area contributed by atoms with E-state index in [1.807, 2.05) is 11.3 Å². The molecular weight excluding hydrogens is 440 g/mol. The van der Waals surface area contributed by atoms with Crippen molar-refractivity contribution in [1.29, 1.82) is 0 Å². The molecule has 6 heteroatoms. The second-order valence-electron chi connectivity index (χ2n) is 9.66. The second kappa shape index (κ2) is 9.01. The molecule has 4 aromatic rings. The fraction of sp³-hybridized carbons (Fsp3) is 0.357. The molecule has 4 heterocycles. The Morgan fingerprint density at radius 2 is 1.91 bits per heavy atom. The summed E-state index contributed by atoms with van der Waals surface area (Å²) in [5, 5.41) is 4.03. The molecule has 1 aromatic carbocycles. The molecule has 0 spiro atoms. The number of carbonyl (C=O) groups excluding carboxylic acids is 1. The first-order chi connectivity index (χ1) is 16.3. The third kappa shape index (κ3) is 4.28. The average Bonchev–Trinajstić information content (AvgIpc) is 3.39. The molecule has 5 rings (SSSR count). The molecule has 1 aliphatic heterocycles. The lowest BCUT2D eigenvalue weighted by Crippen LogP contribution is -2.38. The highest BCUT2D eigenvalue weighted by Crippen LogP contribution is 2.40. The summed E-state index contributed by atoms with van der Waals surface area (Å²) in [7, 11) is 1.70. The van der Waals surface area contributed by atoms with E-state index in [9.17, 15) is 4.79 Å². The second-order valence-corrected chi connectivity index (χ2v) is 10.8. The summed E-state index contributed by atoms with van der Waals surface area (Å²) < 4.78 is 0. The first kappa shape index (κ1) is 22.8. The number of likely N-dealkylation sites (N-methyl/N-ethyl adjacent to an activating group) is 1. The van der Waals surface area contributed by atoms with E-state index in [0.717, 1.165) is 30.9 Å². The number of aromatic nitrogens is 2. The van der Waals surface area contributed by atoms with Gasteiger partial charge in [0.25, 0.3) is 0 Å². The number of amides is 1. The van der Waals surface area contributed by atoms with Gasteiger partial charge >= 0.3 is 0 Å². The van der Waals surface area contributed by atoms with Gasteiger partial charge in [0.2, 0.25) is 5.91 Å². The van der Waals surface area contributed by atoms with E-state index < -0.39 is 0 Å².